The lowest BCUT2D eigenvalue weighted by atomic mass is 10.1. The molecule has 3 amide bonds. The Balaban J connectivity index is 2.06. The molecule has 1 unspecified atom stereocenters. The maximum absolute atomic E-state index is 14.3. The van der Waals surface area contributed by atoms with Gasteiger partial charge in [-0.15, -0.1) is 0 Å². The van der Waals surface area contributed by atoms with Crippen LogP contribution in [0.1, 0.15) is 79.4 Å². The Labute approximate surface area is 198 Å². The van der Waals surface area contributed by atoms with E-state index in [0.29, 0.717) is 6.42 Å². The Hall–Kier alpha value is -2.94. The summed E-state index contributed by atoms with van der Waals surface area (Å²) in [7, 11) is 0. The molecule has 0 saturated heterocycles. The van der Waals surface area contributed by atoms with Gasteiger partial charge in [0.2, 0.25) is 5.91 Å². The molecule has 0 bridgehead atoms. The minimum absolute atomic E-state index is 0.0441. The third-order valence-corrected chi connectivity index (χ3v) is 5.33. The highest BCUT2D eigenvalue weighted by Crippen LogP contribution is 2.19. The van der Waals surface area contributed by atoms with Crippen LogP contribution in [0.25, 0.3) is 0 Å². The number of carbonyl (C=O) groups is 3. The van der Waals surface area contributed by atoms with Crippen LogP contribution in [0.4, 0.5) is 4.39 Å². The molecule has 1 atom stereocenters. The fraction of sp³-hybridized carbons (Fsp3) is 0.478. The van der Waals surface area contributed by atoms with Crippen molar-refractivity contribution in [2.45, 2.75) is 65.6 Å². The fourth-order valence-electron chi connectivity index (χ4n) is 3.24. The van der Waals surface area contributed by atoms with Crippen LogP contribution in [0.2, 0.25) is 5.02 Å². The second-order valence-electron chi connectivity index (χ2n) is 8.12. The zero-order valence-electron chi connectivity index (χ0n) is 19.4. The van der Waals surface area contributed by atoms with E-state index < -0.39 is 11.7 Å². The molecule has 0 aliphatic heterocycles. The number of amides is 3. The predicted octanol–water partition coefficient (Wildman–Crippen LogP) is 3.61. The number of benzene rings is 1. The minimum atomic E-state index is -0.577. The topological polar surface area (TPSA) is 105 Å². The summed E-state index contributed by atoms with van der Waals surface area (Å²) in [4.78, 5) is 36.5. The molecule has 0 fully saturated rings. The van der Waals surface area contributed by atoms with Gasteiger partial charge in [-0.25, -0.2) is 4.39 Å². The van der Waals surface area contributed by atoms with E-state index in [1.54, 1.807) is 4.68 Å². The van der Waals surface area contributed by atoms with Gasteiger partial charge in [0.15, 0.2) is 0 Å². The first kappa shape index (κ1) is 26.3. The SMILES string of the molecule is CCCCC(CNC(=O)c1c(Cl)cnn1C(C)C)NC(=O)c1ccc(CNC(C)=O)c(F)c1. The van der Waals surface area contributed by atoms with Crippen molar-refractivity contribution in [3.63, 3.8) is 0 Å². The summed E-state index contributed by atoms with van der Waals surface area (Å²) in [6.45, 7) is 7.40. The number of rotatable bonds is 11. The Morgan fingerprint density at radius 2 is 1.91 bits per heavy atom. The van der Waals surface area contributed by atoms with Crippen LogP contribution >= 0.6 is 11.6 Å². The first-order chi connectivity index (χ1) is 15.6. The maximum atomic E-state index is 14.3. The molecule has 3 N–H and O–H groups in total. The highest BCUT2D eigenvalue weighted by Gasteiger charge is 2.21. The smallest absolute Gasteiger partial charge is 0.271 e. The van der Waals surface area contributed by atoms with Crippen LogP contribution < -0.4 is 16.0 Å². The van der Waals surface area contributed by atoms with Crippen molar-refractivity contribution in [3.05, 3.63) is 52.1 Å². The molecule has 33 heavy (non-hydrogen) atoms. The molecule has 180 valence electrons. The lowest BCUT2D eigenvalue weighted by Crippen LogP contribution is -2.44. The van der Waals surface area contributed by atoms with Gasteiger partial charge in [0.05, 0.1) is 11.2 Å². The normalized spacial score (nSPS) is 11.8. The number of nitrogens with zero attached hydrogens (tertiary/aromatic N) is 2. The Bertz CT molecular complexity index is 992. The van der Waals surface area contributed by atoms with Crippen LogP contribution in [0, 0.1) is 5.82 Å². The number of hydrogen-bond acceptors (Lipinski definition) is 4. The van der Waals surface area contributed by atoms with Crippen molar-refractivity contribution in [2.75, 3.05) is 6.54 Å². The molecule has 2 rings (SSSR count). The molecule has 1 aromatic carbocycles. The summed E-state index contributed by atoms with van der Waals surface area (Å²) in [5.74, 6) is -1.67. The third-order valence-electron chi connectivity index (χ3n) is 5.05. The largest absolute Gasteiger partial charge is 0.352 e. The van der Waals surface area contributed by atoms with Crippen LogP contribution in [0.15, 0.2) is 24.4 Å². The number of carbonyl (C=O) groups excluding carboxylic acids is 3. The molecule has 0 aliphatic carbocycles. The van der Waals surface area contributed by atoms with Crippen LogP contribution in [0.5, 0.6) is 0 Å². The summed E-state index contributed by atoms with van der Waals surface area (Å²) >= 11 is 6.14. The Morgan fingerprint density at radius 3 is 2.52 bits per heavy atom. The number of aromatic nitrogens is 2. The van der Waals surface area contributed by atoms with E-state index in [1.165, 1.54) is 25.3 Å². The summed E-state index contributed by atoms with van der Waals surface area (Å²) in [6.07, 6.45) is 3.83. The van der Waals surface area contributed by atoms with Gasteiger partial charge >= 0.3 is 0 Å². The van der Waals surface area contributed by atoms with Crippen molar-refractivity contribution in [1.29, 1.82) is 0 Å². The van der Waals surface area contributed by atoms with Gasteiger partial charge in [0, 0.05) is 43.2 Å². The van der Waals surface area contributed by atoms with Gasteiger partial charge in [-0.1, -0.05) is 37.4 Å². The van der Waals surface area contributed by atoms with Gasteiger partial charge in [-0.05, 0) is 32.4 Å². The zero-order chi connectivity index (χ0) is 24.5. The monoisotopic (exact) mass is 479 g/mol. The average Bonchev–Trinajstić information content (AvgIpc) is 3.16. The van der Waals surface area contributed by atoms with E-state index in [1.807, 2.05) is 20.8 Å². The van der Waals surface area contributed by atoms with Gasteiger partial charge < -0.3 is 16.0 Å². The van der Waals surface area contributed by atoms with Gasteiger partial charge in [-0.3, -0.25) is 19.1 Å². The van der Waals surface area contributed by atoms with Gasteiger partial charge in [-0.2, -0.15) is 5.10 Å². The van der Waals surface area contributed by atoms with Crippen molar-refractivity contribution in [2.24, 2.45) is 0 Å². The quantitative estimate of drug-likeness (QED) is 0.457. The molecule has 0 saturated carbocycles. The Kier molecular flexibility index (Phi) is 9.84. The lowest BCUT2D eigenvalue weighted by molar-refractivity contribution is -0.119. The van der Waals surface area contributed by atoms with Crippen molar-refractivity contribution >= 4 is 29.3 Å². The van der Waals surface area contributed by atoms with Gasteiger partial charge in [0.1, 0.15) is 11.5 Å². The van der Waals surface area contributed by atoms with E-state index >= 15 is 0 Å². The number of halogens is 2. The molecule has 10 heteroatoms. The number of nitrogens with one attached hydrogen (secondary N) is 3. The second kappa shape index (κ2) is 12.3. The lowest BCUT2D eigenvalue weighted by Gasteiger charge is -2.20. The molecule has 1 heterocycles. The van der Waals surface area contributed by atoms with Crippen LogP contribution in [-0.4, -0.2) is 40.1 Å². The van der Waals surface area contributed by atoms with Crippen LogP contribution in [-0.2, 0) is 11.3 Å². The molecule has 0 aliphatic rings. The van der Waals surface area contributed by atoms with Crippen molar-refractivity contribution in [1.82, 2.24) is 25.7 Å². The minimum Gasteiger partial charge on any atom is -0.352 e. The van der Waals surface area contributed by atoms with E-state index in [-0.39, 0.29) is 58.8 Å². The predicted molar refractivity (Wildman–Crippen MR) is 125 cm³/mol. The summed E-state index contributed by atoms with van der Waals surface area (Å²) in [6, 6.07) is 3.72. The molecular formula is C23H31ClFN5O3. The highest BCUT2D eigenvalue weighted by atomic mass is 35.5. The van der Waals surface area contributed by atoms with Gasteiger partial charge in [0.25, 0.3) is 11.8 Å². The first-order valence-corrected chi connectivity index (χ1v) is 11.4. The Morgan fingerprint density at radius 1 is 1.18 bits per heavy atom. The standard InChI is InChI=1S/C23H31ClFN5O3/c1-5-6-7-18(12-27-23(33)21-19(24)13-28-30(21)14(2)3)29-22(32)16-8-9-17(20(25)10-16)11-26-15(4)31/h8-10,13-14,18H,5-7,11-12H2,1-4H3,(H,26,31)(H,27,33)(H,29,32). The van der Waals surface area contributed by atoms with E-state index in [9.17, 15) is 18.8 Å². The molecule has 8 nitrogen and oxygen atoms in total. The number of hydrogen-bond donors (Lipinski definition) is 3. The van der Waals surface area contributed by atoms with E-state index in [2.05, 4.69) is 21.0 Å². The molecule has 0 spiro atoms. The van der Waals surface area contributed by atoms with Crippen LogP contribution in [0.3, 0.4) is 0 Å². The van der Waals surface area contributed by atoms with E-state index in [0.717, 1.165) is 18.9 Å². The zero-order valence-corrected chi connectivity index (χ0v) is 20.1. The maximum Gasteiger partial charge on any atom is 0.271 e. The average molecular weight is 480 g/mol. The summed E-state index contributed by atoms with van der Waals surface area (Å²) < 4.78 is 15.9. The highest BCUT2D eigenvalue weighted by molar-refractivity contribution is 6.33. The molecular weight excluding hydrogens is 449 g/mol. The molecule has 2 aromatic rings. The van der Waals surface area contributed by atoms with Crippen molar-refractivity contribution < 1.29 is 18.8 Å². The fourth-order valence-corrected chi connectivity index (χ4v) is 3.46. The second-order valence-corrected chi connectivity index (χ2v) is 8.53. The number of unbranched alkanes of at least 4 members (excludes halogenated alkanes) is 1. The molecule has 0 radical (unpaired) electrons. The van der Waals surface area contributed by atoms with Crippen molar-refractivity contribution in [3.8, 4) is 0 Å². The first-order valence-electron chi connectivity index (χ1n) is 11.0. The summed E-state index contributed by atoms with van der Waals surface area (Å²) in [5.41, 5.74) is 0.715. The van der Waals surface area contributed by atoms with E-state index in [4.69, 9.17) is 11.6 Å². The summed E-state index contributed by atoms with van der Waals surface area (Å²) in [5, 5.41) is 12.6. The molecule has 1 aromatic heterocycles. The third kappa shape index (κ3) is 7.56.